The first-order valence-electron chi connectivity index (χ1n) is 5.70. The molecule has 0 N–H and O–H groups in total. The van der Waals surface area contributed by atoms with Crippen LogP contribution in [0.15, 0.2) is 55.1 Å². The van der Waals surface area contributed by atoms with Gasteiger partial charge in [-0.15, -0.1) is 0 Å². The van der Waals surface area contributed by atoms with E-state index in [0.29, 0.717) is 11.1 Å². The van der Waals surface area contributed by atoms with Gasteiger partial charge >= 0.3 is 0 Å². The Morgan fingerprint density at radius 2 is 1.79 bits per heavy atom. The van der Waals surface area contributed by atoms with Crippen molar-refractivity contribution in [3.05, 3.63) is 76.4 Å². The van der Waals surface area contributed by atoms with E-state index >= 15 is 0 Å². The van der Waals surface area contributed by atoms with Gasteiger partial charge < -0.3 is 4.74 Å². The fraction of sp³-hybridized carbons (Fsp3) is 0.0667. The Kier molecular flexibility index (Phi) is 3.61. The number of hydrogen-bond acceptors (Lipinski definition) is 3. The highest BCUT2D eigenvalue weighted by Gasteiger charge is 2.15. The Bertz CT molecular complexity index is 618. The lowest BCUT2D eigenvalue weighted by Crippen LogP contribution is -1.95. The molecule has 0 aliphatic carbocycles. The summed E-state index contributed by atoms with van der Waals surface area (Å²) in [7, 11) is 1.59. The quantitative estimate of drug-likeness (QED) is 0.618. The molecule has 0 saturated heterocycles. The molecule has 4 heteroatoms. The predicted octanol–water partition coefficient (Wildman–Crippen LogP) is 3.66. The number of nitro benzene ring substituents is 1. The van der Waals surface area contributed by atoms with E-state index in [-0.39, 0.29) is 5.69 Å². The molecule has 0 aliphatic rings. The number of para-hydroxylation sites is 1. The summed E-state index contributed by atoms with van der Waals surface area (Å²) >= 11 is 0. The maximum absolute atomic E-state index is 11.0. The van der Waals surface area contributed by atoms with Gasteiger partial charge in [0, 0.05) is 6.07 Å². The van der Waals surface area contributed by atoms with Crippen molar-refractivity contribution in [1.82, 2.24) is 0 Å². The minimum Gasteiger partial charge on any atom is -0.497 e. The van der Waals surface area contributed by atoms with Gasteiger partial charge in [-0.3, -0.25) is 10.1 Å². The smallest absolute Gasteiger partial charge is 0.277 e. The molecule has 0 spiro atoms. The number of ether oxygens (including phenoxy) is 1. The third-order valence-corrected chi connectivity index (χ3v) is 2.86. The van der Waals surface area contributed by atoms with Crippen LogP contribution >= 0.6 is 0 Å². The number of hydrogen-bond donors (Lipinski definition) is 0. The van der Waals surface area contributed by atoms with E-state index in [9.17, 15) is 10.1 Å². The number of nitrogens with zero attached hydrogens (tertiary/aromatic N) is 1. The van der Waals surface area contributed by atoms with Crippen LogP contribution in [0.25, 0.3) is 5.57 Å². The van der Waals surface area contributed by atoms with E-state index in [1.54, 1.807) is 37.4 Å². The fourth-order valence-corrected chi connectivity index (χ4v) is 1.84. The maximum Gasteiger partial charge on any atom is 0.277 e. The second-order valence-electron chi connectivity index (χ2n) is 3.98. The molecule has 0 atom stereocenters. The van der Waals surface area contributed by atoms with Crippen LogP contribution in [0.3, 0.4) is 0 Å². The molecule has 0 fully saturated rings. The van der Waals surface area contributed by atoms with Crippen LogP contribution in [-0.4, -0.2) is 12.0 Å². The van der Waals surface area contributed by atoms with E-state index in [4.69, 9.17) is 4.74 Å². The molecule has 2 rings (SSSR count). The van der Waals surface area contributed by atoms with Crippen molar-refractivity contribution in [2.75, 3.05) is 7.11 Å². The monoisotopic (exact) mass is 255 g/mol. The number of rotatable bonds is 4. The van der Waals surface area contributed by atoms with Gasteiger partial charge in [0.25, 0.3) is 5.69 Å². The van der Waals surface area contributed by atoms with Gasteiger partial charge in [-0.1, -0.05) is 30.8 Å². The van der Waals surface area contributed by atoms with E-state index in [1.165, 1.54) is 6.07 Å². The molecule has 4 nitrogen and oxygen atoms in total. The summed E-state index contributed by atoms with van der Waals surface area (Å²) in [5.41, 5.74) is 2.03. The summed E-state index contributed by atoms with van der Waals surface area (Å²) < 4.78 is 5.08. The Morgan fingerprint density at radius 3 is 2.37 bits per heavy atom. The Morgan fingerprint density at radius 1 is 1.16 bits per heavy atom. The molecule has 0 saturated carbocycles. The second-order valence-corrected chi connectivity index (χ2v) is 3.98. The van der Waals surface area contributed by atoms with Gasteiger partial charge in [0.2, 0.25) is 0 Å². The van der Waals surface area contributed by atoms with Crippen molar-refractivity contribution in [2.45, 2.75) is 0 Å². The summed E-state index contributed by atoms with van der Waals surface area (Å²) in [4.78, 5) is 10.6. The highest BCUT2D eigenvalue weighted by molar-refractivity contribution is 5.82. The van der Waals surface area contributed by atoms with Crippen molar-refractivity contribution in [3.63, 3.8) is 0 Å². The molecule has 0 heterocycles. The number of nitro groups is 1. The van der Waals surface area contributed by atoms with Gasteiger partial charge in [0.05, 0.1) is 17.6 Å². The molecule has 0 aliphatic heterocycles. The summed E-state index contributed by atoms with van der Waals surface area (Å²) in [5.74, 6) is 0.735. The first kappa shape index (κ1) is 12.8. The molecule has 2 aromatic carbocycles. The third kappa shape index (κ3) is 2.63. The molecule has 0 unspecified atom stereocenters. The van der Waals surface area contributed by atoms with Crippen LogP contribution < -0.4 is 4.74 Å². The standard InChI is InChI=1S/C15H13NO3/c1-11(12-7-9-13(19-2)10-8-12)14-5-3-4-6-15(14)16(17)18/h3-10H,1H2,2H3. The summed E-state index contributed by atoms with van der Waals surface area (Å²) in [6, 6.07) is 13.8. The van der Waals surface area contributed by atoms with E-state index in [0.717, 1.165) is 11.3 Å². The Hall–Kier alpha value is -2.62. The van der Waals surface area contributed by atoms with Crippen LogP contribution in [0, 0.1) is 10.1 Å². The molecule has 0 radical (unpaired) electrons. The van der Waals surface area contributed by atoms with Crippen LogP contribution in [0.1, 0.15) is 11.1 Å². The largest absolute Gasteiger partial charge is 0.497 e. The first-order chi connectivity index (χ1) is 9.13. The van der Waals surface area contributed by atoms with Crippen molar-refractivity contribution < 1.29 is 9.66 Å². The van der Waals surface area contributed by atoms with Crippen molar-refractivity contribution in [1.29, 1.82) is 0 Å². The zero-order valence-corrected chi connectivity index (χ0v) is 10.5. The molecule has 2 aromatic rings. The number of methoxy groups -OCH3 is 1. The van der Waals surface area contributed by atoms with Crippen LogP contribution in [0.5, 0.6) is 5.75 Å². The Balaban J connectivity index is 2.41. The summed E-state index contributed by atoms with van der Waals surface area (Å²) in [5, 5.41) is 11.0. The van der Waals surface area contributed by atoms with Gasteiger partial charge in [-0.2, -0.15) is 0 Å². The molecule has 96 valence electrons. The topological polar surface area (TPSA) is 52.4 Å². The lowest BCUT2D eigenvalue weighted by Gasteiger charge is -2.08. The van der Waals surface area contributed by atoms with Crippen molar-refractivity contribution >= 4 is 11.3 Å². The molecule has 0 amide bonds. The fourth-order valence-electron chi connectivity index (χ4n) is 1.84. The van der Waals surface area contributed by atoms with Crippen molar-refractivity contribution in [3.8, 4) is 5.75 Å². The number of benzene rings is 2. The highest BCUT2D eigenvalue weighted by atomic mass is 16.6. The molecular formula is C15H13NO3. The minimum atomic E-state index is -0.399. The molecule has 0 aromatic heterocycles. The van der Waals surface area contributed by atoms with Crippen molar-refractivity contribution in [2.24, 2.45) is 0 Å². The Labute approximate surface area is 111 Å². The molecular weight excluding hydrogens is 242 g/mol. The van der Waals surface area contributed by atoms with Gasteiger partial charge in [-0.05, 0) is 29.3 Å². The van der Waals surface area contributed by atoms with E-state index < -0.39 is 4.92 Å². The third-order valence-electron chi connectivity index (χ3n) is 2.86. The maximum atomic E-state index is 11.0. The van der Waals surface area contributed by atoms with E-state index in [1.807, 2.05) is 12.1 Å². The van der Waals surface area contributed by atoms with Crippen LogP contribution in [0.2, 0.25) is 0 Å². The predicted molar refractivity (Wildman–Crippen MR) is 74.2 cm³/mol. The second kappa shape index (κ2) is 5.35. The average Bonchev–Trinajstić information content (AvgIpc) is 2.46. The molecule has 0 bridgehead atoms. The normalized spacial score (nSPS) is 9.95. The zero-order chi connectivity index (χ0) is 13.8. The average molecular weight is 255 g/mol. The van der Waals surface area contributed by atoms with Crippen LogP contribution in [0.4, 0.5) is 5.69 Å². The SMILES string of the molecule is C=C(c1ccc(OC)cc1)c1ccccc1[N+](=O)[O-]. The minimum absolute atomic E-state index is 0.0586. The van der Waals surface area contributed by atoms with Gasteiger partial charge in [0.15, 0.2) is 0 Å². The van der Waals surface area contributed by atoms with E-state index in [2.05, 4.69) is 6.58 Å². The lowest BCUT2D eigenvalue weighted by atomic mass is 9.98. The summed E-state index contributed by atoms with van der Waals surface area (Å²) in [6.45, 7) is 3.95. The first-order valence-corrected chi connectivity index (χ1v) is 5.70. The molecule has 19 heavy (non-hydrogen) atoms. The lowest BCUT2D eigenvalue weighted by molar-refractivity contribution is -0.385. The summed E-state index contributed by atoms with van der Waals surface area (Å²) in [6.07, 6.45) is 0. The van der Waals surface area contributed by atoms with Gasteiger partial charge in [-0.25, -0.2) is 0 Å². The zero-order valence-electron chi connectivity index (χ0n) is 10.5. The highest BCUT2D eigenvalue weighted by Crippen LogP contribution is 2.30. The van der Waals surface area contributed by atoms with Crippen LogP contribution in [-0.2, 0) is 0 Å². The van der Waals surface area contributed by atoms with Gasteiger partial charge in [0.1, 0.15) is 5.75 Å².